The van der Waals surface area contributed by atoms with Crippen LogP contribution in [0.5, 0.6) is 0 Å². The third-order valence-electron chi connectivity index (χ3n) is 3.84. The zero-order valence-electron chi connectivity index (χ0n) is 13.0. The van der Waals surface area contributed by atoms with Crippen molar-refractivity contribution >= 4 is 17.5 Å². The second kappa shape index (κ2) is 6.72. The molecular weight excluding hydrogens is 266 g/mol. The zero-order valence-corrected chi connectivity index (χ0v) is 13.0. The summed E-state index contributed by atoms with van der Waals surface area (Å²) < 4.78 is 0. The van der Waals surface area contributed by atoms with E-state index in [1.165, 1.54) is 6.92 Å². The van der Waals surface area contributed by atoms with Gasteiger partial charge >= 0.3 is 0 Å². The van der Waals surface area contributed by atoms with Gasteiger partial charge in [0.25, 0.3) is 0 Å². The molecule has 0 N–H and O–H groups in total. The minimum Gasteiger partial charge on any atom is -0.339 e. The van der Waals surface area contributed by atoms with Crippen LogP contribution < -0.4 is 4.90 Å². The Kier molecular flexibility index (Phi) is 4.96. The standard InChI is InChI=1S/C16H23N3O2/c1-13-5-4-6-15(11-13)19(14(2)20)12-16(21)18-9-7-17(3)8-10-18/h4-6,11H,7-10,12H2,1-3H3. The van der Waals surface area contributed by atoms with Crippen molar-refractivity contribution in [3.05, 3.63) is 29.8 Å². The van der Waals surface area contributed by atoms with Gasteiger partial charge in [0.1, 0.15) is 6.54 Å². The molecule has 0 bridgehead atoms. The lowest BCUT2D eigenvalue weighted by molar-refractivity contribution is -0.132. The maximum atomic E-state index is 12.4. The molecule has 21 heavy (non-hydrogen) atoms. The molecule has 1 aromatic carbocycles. The fourth-order valence-corrected chi connectivity index (χ4v) is 2.47. The van der Waals surface area contributed by atoms with Gasteiger partial charge in [0.15, 0.2) is 0 Å². The van der Waals surface area contributed by atoms with Crippen LogP contribution in [0.1, 0.15) is 12.5 Å². The van der Waals surface area contributed by atoms with Crippen molar-refractivity contribution in [3.63, 3.8) is 0 Å². The molecule has 5 heteroatoms. The van der Waals surface area contributed by atoms with Gasteiger partial charge in [-0.1, -0.05) is 12.1 Å². The molecule has 1 aromatic rings. The van der Waals surface area contributed by atoms with Crippen molar-refractivity contribution in [2.45, 2.75) is 13.8 Å². The SMILES string of the molecule is CC(=O)N(CC(=O)N1CCN(C)CC1)c1cccc(C)c1. The topological polar surface area (TPSA) is 43.9 Å². The highest BCUT2D eigenvalue weighted by atomic mass is 16.2. The van der Waals surface area contributed by atoms with Gasteiger partial charge in [0.2, 0.25) is 11.8 Å². The summed E-state index contributed by atoms with van der Waals surface area (Å²) >= 11 is 0. The van der Waals surface area contributed by atoms with Crippen LogP contribution in [0.4, 0.5) is 5.69 Å². The first-order valence-corrected chi connectivity index (χ1v) is 7.28. The lowest BCUT2D eigenvalue weighted by Crippen LogP contribution is -2.50. The highest BCUT2D eigenvalue weighted by molar-refractivity contribution is 5.97. The fraction of sp³-hybridized carbons (Fsp3) is 0.500. The van der Waals surface area contributed by atoms with Gasteiger partial charge in [-0.15, -0.1) is 0 Å². The third kappa shape index (κ3) is 4.04. The van der Waals surface area contributed by atoms with E-state index in [1.54, 1.807) is 4.90 Å². The van der Waals surface area contributed by atoms with E-state index in [-0.39, 0.29) is 18.4 Å². The summed E-state index contributed by atoms with van der Waals surface area (Å²) in [5.41, 5.74) is 1.86. The van der Waals surface area contributed by atoms with E-state index in [9.17, 15) is 9.59 Å². The van der Waals surface area contributed by atoms with Crippen LogP contribution >= 0.6 is 0 Å². The smallest absolute Gasteiger partial charge is 0.242 e. The van der Waals surface area contributed by atoms with Gasteiger partial charge in [-0.05, 0) is 31.7 Å². The maximum Gasteiger partial charge on any atom is 0.242 e. The van der Waals surface area contributed by atoms with E-state index < -0.39 is 0 Å². The minimum atomic E-state index is -0.108. The van der Waals surface area contributed by atoms with Crippen molar-refractivity contribution in [2.75, 3.05) is 44.7 Å². The second-order valence-electron chi connectivity index (χ2n) is 5.63. The lowest BCUT2D eigenvalue weighted by Gasteiger charge is -2.33. The molecule has 0 unspecified atom stereocenters. The van der Waals surface area contributed by atoms with Crippen LogP contribution in [0.15, 0.2) is 24.3 Å². The van der Waals surface area contributed by atoms with Gasteiger partial charge < -0.3 is 14.7 Å². The lowest BCUT2D eigenvalue weighted by atomic mass is 10.2. The molecule has 2 amide bonds. The molecule has 1 aliphatic heterocycles. The van der Waals surface area contributed by atoms with E-state index in [0.29, 0.717) is 0 Å². The molecule has 2 rings (SSSR count). The average Bonchev–Trinajstić information content (AvgIpc) is 2.45. The normalized spacial score (nSPS) is 15.9. The fourth-order valence-electron chi connectivity index (χ4n) is 2.47. The van der Waals surface area contributed by atoms with Gasteiger partial charge in [-0.2, -0.15) is 0 Å². The molecule has 0 radical (unpaired) electrons. The molecule has 0 aliphatic carbocycles. The number of hydrogen-bond donors (Lipinski definition) is 0. The highest BCUT2D eigenvalue weighted by Crippen LogP contribution is 2.16. The quantitative estimate of drug-likeness (QED) is 0.837. The highest BCUT2D eigenvalue weighted by Gasteiger charge is 2.23. The average molecular weight is 289 g/mol. The number of anilines is 1. The summed E-state index contributed by atoms with van der Waals surface area (Å²) in [5.74, 6) is -0.0946. The predicted molar refractivity (Wildman–Crippen MR) is 83.3 cm³/mol. The molecule has 0 saturated carbocycles. The summed E-state index contributed by atoms with van der Waals surface area (Å²) in [4.78, 5) is 29.9. The zero-order chi connectivity index (χ0) is 15.4. The van der Waals surface area contributed by atoms with E-state index in [0.717, 1.165) is 37.4 Å². The van der Waals surface area contributed by atoms with E-state index in [1.807, 2.05) is 36.1 Å². The molecular formula is C16H23N3O2. The molecule has 1 aliphatic rings. The summed E-state index contributed by atoms with van der Waals surface area (Å²) in [6, 6.07) is 7.68. The van der Waals surface area contributed by atoms with Crippen molar-refractivity contribution < 1.29 is 9.59 Å². The number of piperazine rings is 1. The Morgan fingerprint density at radius 2 is 1.86 bits per heavy atom. The van der Waals surface area contributed by atoms with Crippen LogP contribution in [0.3, 0.4) is 0 Å². The molecule has 0 spiro atoms. The summed E-state index contributed by atoms with van der Waals surface area (Å²) in [5, 5.41) is 0. The molecule has 5 nitrogen and oxygen atoms in total. The third-order valence-corrected chi connectivity index (χ3v) is 3.84. The second-order valence-corrected chi connectivity index (χ2v) is 5.63. The number of carbonyl (C=O) groups is 2. The van der Waals surface area contributed by atoms with Gasteiger partial charge in [-0.25, -0.2) is 0 Å². The van der Waals surface area contributed by atoms with Crippen molar-refractivity contribution in [2.24, 2.45) is 0 Å². The Morgan fingerprint density at radius 1 is 1.19 bits per heavy atom. The van der Waals surface area contributed by atoms with Gasteiger partial charge in [0, 0.05) is 38.8 Å². The Balaban J connectivity index is 2.06. The Labute approximate surface area is 126 Å². The molecule has 1 fully saturated rings. The molecule has 0 atom stereocenters. The Bertz CT molecular complexity index is 522. The number of likely N-dealkylation sites (N-methyl/N-ethyl adjacent to an activating group) is 1. The number of rotatable bonds is 3. The number of amides is 2. The largest absolute Gasteiger partial charge is 0.339 e. The first-order chi connectivity index (χ1) is 9.97. The van der Waals surface area contributed by atoms with Crippen LogP contribution in [0, 0.1) is 6.92 Å². The van der Waals surface area contributed by atoms with Crippen molar-refractivity contribution in [3.8, 4) is 0 Å². The summed E-state index contributed by atoms with van der Waals surface area (Å²) in [6.45, 7) is 6.82. The summed E-state index contributed by atoms with van der Waals surface area (Å²) in [6.07, 6.45) is 0. The number of nitrogens with zero attached hydrogens (tertiary/aromatic N) is 3. The predicted octanol–water partition coefficient (Wildman–Crippen LogP) is 1.12. The first-order valence-electron chi connectivity index (χ1n) is 7.28. The summed E-state index contributed by atoms with van der Waals surface area (Å²) in [7, 11) is 2.05. The van der Waals surface area contributed by atoms with Crippen molar-refractivity contribution in [1.29, 1.82) is 0 Å². The maximum absolute atomic E-state index is 12.4. The Hall–Kier alpha value is -1.88. The number of carbonyl (C=O) groups excluding carboxylic acids is 2. The number of hydrogen-bond acceptors (Lipinski definition) is 3. The molecule has 1 heterocycles. The van der Waals surface area contributed by atoms with Gasteiger partial charge in [0.05, 0.1) is 0 Å². The van der Waals surface area contributed by atoms with Crippen LogP contribution in [0.2, 0.25) is 0 Å². The number of aryl methyl sites for hydroxylation is 1. The van der Waals surface area contributed by atoms with Crippen LogP contribution in [0.25, 0.3) is 0 Å². The van der Waals surface area contributed by atoms with Crippen LogP contribution in [-0.4, -0.2) is 61.4 Å². The molecule has 1 saturated heterocycles. The first kappa shape index (κ1) is 15.5. The molecule has 114 valence electrons. The van der Waals surface area contributed by atoms with E-state index in [2.05, 4.69) is 11.9 Å². The van der Waals surface area contributed by atoms with Gasteiger partial charge in [-0.3, -0.25) is 9.59 Å². The molecule has 0 aromatic heterocycles. The minimum absolute atomic E-state index is 0.0137. The Morgan fingerprint density at radius 3 is 2.43 bits per heavy atom. The van der Waals surface area contributed by atoms with E-state index in [4.69, 9.17) is 0 Å². The van der Waals surface area contributed by atoms with E-state index >= 15 is 0 Å². The number of benzene rings is 1. The van der Waals surface area contributed by atoms with Crippen LogP contribution in [-0.2, 0) is 9.59 Å². The monoisotopic (exact) mass is 289 g/mol. The van der Waals surface area contributed by atoms with Crippen molar-refractivity contribution in [1.82, 2.24) is 9.80 Å².